The molecule has 2 fully saturated rings. The van der Waals surface area contributed by atoms with Gasteiger partial charge in [0.2, 0.25) is 0 Å². The van der Waals surface area contributed by atoms with Crippen LogP contribution in [0.3, 0.4) is 0 Å². The molecular weight excluding hydrogens is 240 g/mol. The van der Waals surface area contributed by atoms with Crippen molar-refractivity contribution < 1.29 is 14.6 Å². The summed E-state index contributed by atoms with van der Waals surface area (Å²) in [5.41, 5.74) is -1.47. The molecule has 0 aliphatic heterocycles. The van der Waals surface area contributed by atoms with Gasteiger partial charge in [-0.15, -0.1) is 0 Å². The Morgan fingerprint density at radius 2 is 1.74 bits per heavy atom. The van der Waals surface area contributed by atoms with Crippen LogP contribution < -0.4 is 0 Å². The molecule has 19 heavy (non-hydrogen) atoms. The van der Waals surface area contributed by atoms with Gasteiger partial charge < -0.3 is 9.84 Å². The highest BCUT2D eigenvalue weighted by Gasteiger charge is 2.58. The molecule has 2 aliphatic rings. The lowest BCUT2D eigenvalue weighted by Gasteiger charge is -2.44. The standard InChI is InChI=1S/C16H28O3/c1-4-14(3,18)13(17)19-16(5-2)12-8-11-15(16)9-6-7-10-15/h18H,4-12H2,1-3H3. The predicted molar refractivity (Wildman–Crippen MR) is 74.8 cm³/mol. The van der Waals surface area contributed by atoms with E-state index >= 15 is 0 Å². The molecule has 0 aromatic carbocycles. The fourth-order valence-electron chi connectivity index (χ4n) is 4.18. The minimum Gasteiger partial charge on any atom is -0.456 e. The van der Waals surface area contributed by atoms with E-state index in [4.69, 9.17) is 4.74 Å². The first-order valence-corrected chi connectivity index (χ1v) is 7.87. The van der Waals surface area contributed by atoms with E-state index in [1.807, 2.05) is 6.92 Å². The Kier molecular flexibility index (Phi) is 3.97. The SMILES string of the molecule is CCC(C)(O)C(=O)OC1(CC)CCCC12CCCC2. The van der Waals surface area contributed by atoms with Crippen molar-refractivity contribution in [2.24, 2.45) is 5.41 Å². The average molecular weight is 268 g/mol. The van der Waals surface area contributed by atoms with Gasteiger partial charge in [0.1, 0.15) is 5.60 Å². The summed E-state index contributed by atoms with van der Waals surface area (Å²) in [5.74, 6) is -0.426. The third-order valence-corrected chi connectivity index (χ3v) is 5.75. The van der Waals surface area contributed by atoms with Crippen LogP contribution in [-0.2, 0) is 9.53 Å². The first-order chi connectivity index (χ1) is 8.91. The van der Waals surface area contributed by atoms with E-state index in [9.17, 15) is 9.90 Å². The summed E-state index contributed by atoms with van der Waals surface area (Å²) in [5, 5.41) is 10.1. The maximum Gasteiger partial charge on any atom is 0.338 e. The summed E-state index contributed by atoms with van der Waals surface area (Å²) < 4.78 is 5.95. The van der Waals surface area contributed by atoms with E-state index in [0.29, 0.717) is 6.42 Å². The van der Waals surface area contributed by atoms with E-state index in [1.165, 1.54) is 32.1 Å². The molecule has 2 saturated carbocycles. The van der Waals surface area contributed by atoms with Crippen LogP contribution in [0.5, 0.6) is 0 Å². The Labute approximate surface area is 116 Å². The molecule has 0 saturated heterocycles. The van der Waals surface area contributed by atoms with Crippen LogP contribution in [0.2, 0.25) is 0 Å². The Morgan fingerprint density at radius 1 is 1.16 bits per heavy atom. The van der Waals surface area contributed by atoms with Gasteiger partial charge in [0, 0.05) is 5.41 Å². The quantitative estimate of drug-likeness (QED) is 0.793. The van der Waals surface area contributed by atoms with E-state index in [2.05, 4.69) is 6.92 Å². The smallest absolute Gasteiger partial charge is 0.338 e. The van der Waals surface area contributed by atoms with Crippen LogP contribution in [0.4, 0.5) is 0 Å². The van der Waals surface area contributed by atoms with Gasteiger partial charge in [-0.1, -0.05) is 26.7 Å². The van der Waals surface area contributed by atoms with E-state index in [1.54, 1.807) is 6.92 Å². The molecule has 2 aliphatic carbocycles. The molecule has 3 heteroatoms. The molecule has 1 spiro atoms. The average Bonchev–Trinajstić information content (AvgIpc) is 3.00. The molecular formula is C16H28O3. The Hall–Kier alpha value is -0.570. The summed E-state index contributed by atoms with van der Waals surface area (Å²) in [6, 6.07) is 0. The van der Waals surface area contributed by atoms with Crippen molar-refractivity contribution in [1.29, 1.82) is 0 Å². The van der Waals surface area contributed by atoms with Crippen molar-refractivity contribution in [3.8, 4) is 0 Å². The number of aliphatic hydroxyl groups is 1. The predicted octanol–water partition coefficient (Wildman–Crippen LogP) is 3.58. The summed E-state index contributed by atoms with van der Waals surface area (Å²) in [4.78, 5) is 12.3. The molecule has 0 heterocycles. The summed E-state index contributed by atoms with van der Waals surface area (Å²) in [6.07, 6.45) is 9.45. The van der Waals surface area contributed by atoms with Gasteiger partial charge in [0.25, 0.3) is 0 Å². The summed E-state index contributed by atoms with van der Waals surface area (Å²) in [6.45, 7) is 5.51. The number of rotatable bonds is 4. The van der Waals surface area contributed by atoms with Crippen LogP contribution in [-0.4, -0.2) is 22.3 Å². The molecule has 1 N–H and O–H groups in total. The second kappa shape index (κ2) is 5.08. The van der Waals surface area contributed by atoms with Crippen LogP contribution in [0.25, 0.3) is 0 Å². The van der Waals surface area contributed by atoms with Gasteiger partial charge in [-0.05, 0) is 51.9 Å². The summed E-state index contributed by atoms with van der Waals surface area (Å²) >= 11 is 0. The fraction of sp³-hybridized carbons (Fsp3) is 0.938. The molecule has 0 radical (unpaired) electrons. The highest BCUT2D eigenvalue weighted by molar-refractivity contribution is 5.79. The zero-order chi connectivity index (χ0) is 14.1. The molecule has 0 aromatic rings. The Morgan fingerprint density at radius 3 is 2.26 bits per heavy atom. The highest BCUT2D eigenvalue weighted by Crippen LogP contribution is 2.59. The van der Waals surface area contributed by atoms with Gasteiger partial charge in [0.05, 0.1) is 0 Å². The van der Waals surface area contributed by atoms with Crippen LogP contribution >= 0.6 is 0 Å². The normalized spacial score (nSPS) is 32.4. The second-order valence-electron chi connectivity index (χ2n) is 6.71. The number of carbonyl (C=O) groups is 1. The molecule has 110 valence electrons. The number of hydrogen-bond acceptors (Lipinski definition) is 3. The van der Waals surface area contributed by atoms with Crippen molar-refractivity contribution in [3.05, 3.63) is 0 Å². The highest BCUT2D eigenvalue weighted by atomic mass is 16.6. The minimum absolute atomic E-state index is 0.196. The molecule has 3 nitrogen and oxygen atoms in total. The Balaban J connectivity index is 2.21. The van der Waals surface area contributed by atoms with E-state index in [-0.39, 0.29) is 11.0 Å². The van der Waals surface area contributed by atoms with Crippen LogP contribution in [0, 0.1) is 5.41 Å². The maximum absolute atomic E-state index is 12.3. The Bertz CT molecular complexity index is 336. The van der Waals surface area contributed by atoms with Crippen LogP contribution in [0.1, 0.15) is 78.6 Å². The fourth-order valence-corrected chi connectivity index (χ4v) is 4.18. The van der Waals surface area contributed by atoms with Crippen LogP contribution in [0.15, 0.2) is 0 Å². The molecule has 2 atom stereocenters. The topological polar surface area (TPSA) is 46.5 Å². The van der Waals surface area contributed by atoms with Crippen molar-refractivity contribution in [1.82, 2.24) is 0 Å². The van der Waals surface area contributed by atoms with Gasteiger partial charge in [-0.2, -0.15) is 0 Å². The van der Waals surface area contributed by atoms with Crippen molar-refractivity contribution >= 4 is 5.97 Å². The third kappa shape index (κ3) is 2.31. The first kappa shape index (κ1) is 14.8. The van der Waals surface area contributed by atoms with Crippen molar-refractivity contribution in [2.75, 3.05) is 0 Å². The van der Waals surface area contributed by atoms with Crippen molar-refractivity contribution in [2.45, 2.75) is 89.8 Å². The number of ether oxygens (including phenoxy) is 1. The number of carbonyl (C=O) groups excluding carboxylic acids is 1. The van der Waals surface area contributed by atoms with E-state index < -0.39 is 11.6 Å². The summed E-state index contributed by atoms with van der Waals surface area (Å²) in [7, 11) is 0. The number of esters is 1. The zero-order valence-electron chi connectivity index (χ0n) is 12.6. The number of hydrogen-bond donors (Lipinski definition) is 1. The first-order valence-electron chi connectivity index (χ1n) is 7.87. The van der Waals surface area contributed by atoms with Gasteiger partial charge in [0.15, 0.2) is 5.60 Å². The van der Waals surface area contributed by atoms with E-state index in [0.717, 1.165) is 19.3 Å². The maximum atomic E-state index is 12.3. The lowest BCUT2D eigenvalue weighted by atomic mass is 9.71. The van der Waals surface area contributed by atoms with Gasteiger partial charge in [-0.3, -0.25) is 0 Å². The molecule has 0 amide bonds. The molecule has 2 unspecified atom stereocenters. The molecule has 0 aromatic heterocycles. The molecule has 0 bridgehead atoms. The van der Waals surface area contributed by atoms with Crippen molar-refractivity contribution in [3.63, 3.8) is 0 Å². The van der Waals surface area contributed by atoms with Gasteiger partial charge in [-0.25, -0.2) is 4.79 Å². The monoisotopic (exact) mass is 268 g/mol. The second-order valence-corrected chi connectivity index (χ2v) is 6.71. The third-order valence-electron chi connectivity index (χ3n) is 5.75. The minimum atomic E-state index is -1.34. The molecule has 2 rings (SSSR count). The lowest BCUT2D eigenvalue weighted by Crippen LogP contribution is -2.50. The lowest BCUT2D eigenvalue weighted by molar-refractivity contribution is -0.193. The largest absolute Gasteiger partial charge is 0.456 e. The zero-order valence-corrected chi connectivity index (χ0v) is 12.6. The van der Waals surface area contributed by atoms with Gasteiger partial charge >= 0.3 is 5.97 Å².